The molecule has 10 heteroatoms. The van der Waals surface area contributed by atoms with Gasteiger partial charge in [0.25, 0.3) is 6.43 Å². The Bertz CT molecular complexity index is 1000. The van der Waals surface area contributed by atoms with Crippen molar-refractivity contribution in [1.29, 1.82) is 0 Å². The van der Waals surface area contributed by atoms with Gasteiger partial charge >= 0.3 is 5.69 Å². The number of aryl methyl sites for hydroxylation is 1. The largest absolute Gasteiger partial charge is 0.508 e. The zero-order valence-electron chi connectivity index (χ0n) is 13.4. The van der Waals surface area contributed by atoms with Crippen LogP contribution in [0.1, 0.15) is 17.6 Å². The third-order valence-electron chi connectivity index (χ3n) is 3.66. The molecule has 0 fully saturated rings. The van der Waals surface area contributed by atoms with Crippen LogP contribution in [0.2, 0.25) is 0 Å². The number of phenols is 1. The van der Waals surface area contributed by atoms with Crippen LogP contribution in [0, 0.1) is 5.82 Å². The highest BCUT2D eigenvalue weighted by atomic mass is 19.3. The van der Waals surface area contributed by atoms with Gasteiger partial charge in [-0.15, -0.1) is 0 Å². The van der Waals surface area contributed by atoms with Crippen LogP contribution in [0.4, 0.5) is 13.2 Å². The summed E-state index contributed by atoms with van der Waals surface area (Å²) in [6, 6.07) is 7.15. The molecule has 2 aromatic carbocycles. The highest BCUT2D eigenvalue weighted by Crippen LogP contribution is 2.29. The van der Waals surface area contributed by atoms with Gasteiger partial charge in [0.05, 0.1) is 5.69 Å². The standard InChI is InChI=1S/C16H13F3N4O3/c1-22-16(25)23(21-20-22)13-4-2-3-10(15(18)19)11(13)8-26-14-6-5-9(24)7-12(14)17/h2-7,15,24H,8H2,1H3. The normalized spacial score (nSPS) is 11.1. The lowest BCUT2D eigenvalue weighted by Gasteiger charge is -2.15. The van der Waals surface area contributed by atoms with E-state index in [0.29, 0.717) is 0 Å². The number of hydrogen-bond donors (Lipinski definition) is 1. The van der Waals surface area contributed by atoms with Crippen LogP contribution in [0.25, 0.3) is 5.69 Å². The van der Waals surface area contributed by atoms with Gasteiger partial charge in [-0.1, -0.05) is 12.1 Å². The van der Waals surface area contributed by atoms with Gasteiger partial charge in [-0.2, -0.15) is 9.36 Å². The van der Waals surface area contributed by atoms with E-state index in [2.05, 4.69) is 10.4 Å². The summed E-state index contributed by atoms with van der Waals surface area (Å²) in [7, 11) is 1.37. The fourth-order valence-electron chi connectivity index (χ4n) is 2.37. The molecule has 0 aliphatic rings. The second-order valence-corrected chi connectivity index (χ2v) is 5.35. The van der Waals surface area contributed by atoms with Gasteiger partial charge in [0.2, 0.25) is 0 Å². The summed E-state index contributed by atoms with van der Waals surface area (Å²) >= 11 is 0. The van der Waals surface area contributed by atoms with E-state index in [4.69, 9.17) is 4.74 Å². The third-order valence-corrected chi connectivity index (χ3v) is 3.66. The number of aromatic hydroxyl groups is 1. The van der Waals surface area contributed by atoms with Gasteiger partial charge < -0.3 is 9.84 Å². The minimum Gasteiger partial charge on any atom is -0.508 e. The summed E-state index contributed by atoms with van der Waals surface area (Å²) in [6.07, 6.45) is -2.84. The molecule has 0 aliphatic heterocycles. The fourth-order valence-corrected chi connectivity index (χ4v) is 2.37. The van der Waals surface area contributed by atoms with Gasteiger partial charge in [0, 0.05) is 24.2 Å². The van der Waals surface area contributed by atoms with Crippen molar-refractivity contribution in [3.8, 4) is 17.2 Å². The monoisotopic (exact) mass is 366 g/mol. The lowest BCUT2D eigenvalue weighted by Crippen LogP contribution is -2.23. The minimum atomic E-state index is -2.84. The Balaban J connectivity index is 2.04. The summed E-state index contributed by atoms with van der Waals surface area (Å²) in [5, 5.41) is 16.4. The summed E-state index contributed by atoms with van der Waals surface area (Å²) in [5.41, 5.74) is -0.981. The Morgan fingerprint density at radius 3 is 2.62 bits per heavy atom. The maximum atomic E-state index is 13.8. The first-order valence-electron chi connectivity index (χ1n) is 7.39. The number of phenolic OH excluding ortho intramolecular Hbond substituents is 1. The second kappa shape index (κ2) is 6.90. The molecule has 0 saturated carbocycles. The number of hydrogen-bond acceptors (Lipinski definition) is 5. The number of rotatable bonds is 5. The quantitative estimate of drug-likeness (QED) is 0.749. The Hall–Kier alpha value is -3.30. The number of alkyl halides is 2. The molecule has 1 N–H and O–H groups in total. The lowest BCUT2D eigenvalue weighted by atomic mass is 10.1. The molecule has 0 saturated heterocycles. The average molecular weight is 366 g/mol. The molecule has 3 rings (SSSR count). The first-order chi connectivity index (χ1) is 12.4. The second-order valence-electron chi connectivity index (χ2n) is 5.35. The molecular weight excluding hydrogens is 353 g/mol. The van der Waals surface area contributed by atoms with Crippen molar-refractivity contribution < 1.29 is 23.0 Å². The molecule has 136 valence electrons. The van der Waals surface area contributed by atoms with Crippen molar-refractivity contribution in [3.63, 3.8) is 0 Å². The molecular formula is C16H13F3N4O3. The van der Waals surface area contributed by atoms with E-state index >= 15 is 0 Å². The molecule has 3 aromatic rings. The molecule has 0 amide bonds. The van der Waals surface area contributed by atoms with Crippen LogP contribution in [0.3, 0.4) is 0 Å². The Kier molecular flexibility index (Phi) is 4.65. The molecule has 0 bridgehead atoms. The first kappa shape index (κ1) is 17.5. The molecule has 0 radical (unpaired) electrons. The van der Waals surface area contributed by atoms with Crippen LogP contribution in [0.15, 0.2) is 41.2 Å². The Labute approximate surface area is 144 Å². The number of ether oxygens (including phenoxy) is 1. The number of aromatic nitrogens is 4. The van der Waals surface area contributed by atoms with Crippen molar-refractivity contribution >= 4 is 0 Å². The van der Waals surface area contributed by atoms with E-state index < -0.39 is 24.5 Å². The zero-order valence-corrected chi connectivity index (χ0v) is 13.4. The summed E-state index contributed by atoms with van der Waals surface area (Å²) in [4.78, 5) is 12.1. The maximum absolute atomic E-state index is 13.8. The fraction of sp³-hybridized carbons (Fsp3) is 0.188. The predicted octanol–water partition coefficient (Wildman–Crippen LogP) is 2.33. The first-order valence-corrected chi connectivity index (χ1v) is 7.39. The highest BCUT2D eigenvalue weighted by Gasteiger charge is 2.20. The lowest BCUT2D eigenvalue weighted by molar-refractivity contribution is 0.147. The SMILES string of the molecule is Cn1nnn(-c2cccc(C(F)F)c2COc2ccc(O)cc2F)c1=O. The van der Waals surface area contributed by atoms with Gasteiger partial charge in [-0.3, -0.25) is 0 Å². The summed E-state index contributed by atoms with van der Waals surface area (Å²) in [5.74, 6) is -1.38. The van der Waals surface area contributed by atoms with Crippen LogP contribution < -0.4 is 10.4 Å². The van der Waals surface area contributed by atoms with Gasteiger partial charge in [-0.05, 0) is 28.6 Å². The van der Waals surface area contributed by atoms with Crippen LogP contribution in [-0.4, -0.2) is 24.9 Å². The topological polar surface area (TPSA) is 82.2 Å². The smallest absolute Gasteiger partial charge is 0.368 e. The molecule has 0 spiro atoms. The molecule has 1 aromatic heterocycles. The molecule has 26 heavy (non-hydrogen) atoms. The van der Waals surface area contributed by atoms with E-state index in [1.165, 1.54) is 37.4 Å². The highest BCUT2D eigenvalue weighted by molar-refractivity contribution is 5.46. The molecule has 0 aliphatic carbocycles. The van der Waals surface area contributed by atoms with Crippen LogP contribution in [0.5, 0.6) is 11.5 Å². The van der Waals surface area contributed by atoms with Crippen molar-refractivity contribution in [2.45, 2.75) is 13.0 Å². The van der Waals surface area contributed by atoms with Crippen LogP contribution in [-0.2, 0) is 13.7 Å². The number of halogens is 3. The predicted molar refractivity (Wildman–Crippen MR) is 84.0 cm³/mol. The van der Waals surface area contributed by atoms with Crippen molar-refractivity contribution in [3.05, 3.63) is 63.8 Å². The number of benzene rings is 2. The van der Waals surface area contributed by atoms with Crippen LogP contribution >= 0.6 is 0 Å². The number of tetrazole rings is 1. The molecule has 0 unspecified atom stereocenters. The van der Waals surface area contributed by atoms with E-state index in [1.807, 2.05) is 0 Å². The Morgan fingerprint density at radius 2 is 2.00 bits per heavy atom. The molecule has 0 atom stereocenters. The van der Waals surface area contributed by atoms with Crippen molar-refractivity contribution in [1.82, 2.24) is 19.8 Å². The minimum absolute atomic E-state index is 0.0300. The summed E-state index contributed by atoms with van der Waals surface area (Å²) < 4.78 is 47.7. The Morgan fingerprint density at radius 1 is 1.23 bits per heavy atom. The van der Waals surface area contributed by atoms with Gasteiger partial charge in [-0.25, -0.2) is 18.0 Å². The van der Waals surface area contributed by atoms with E-state index in [9.17, 15) is 23.1 Å². The molecule has 7 nitrogen and oxygen atoms in total. The summed E-state index contributed by atoms with van der Waals surface area (Å²) in [6.45, 7) is -0.444. The maximum Gasteiger partial charge on any atom is 0.368 e. The third kappa shape index (κ3) is 3.25. The average Bonchev–Trinajstić information content (AvgIpc) is 2.93. The zero-order chi connectivity index (χ0) is 18.8. The van der Waals surface area contributed by atoms with E-state index in [-0.39, 0.29) is 28.3 Å². The number of nitrogens with zero attached hydrogens (tertiary/aromatic N) is 4. The van der Waals surface area contributed by atoms with Crippen molar-refractivity contribution in [2.24, 2.45) is 7.05 Å². The van der Waals surface area contributed by atoms with Gasteiger partial charge in [0.1, 0.15) is 12.4 Å². The van der Waals surface area contributed by atoms with E-state index in [1.54, 1.807) is 0 Å². The van der Waals surface area contributed by atoms with E-state index in [0.717, 1.165) is 15.4 Å². The van der Waals surface area contributed by atoms with Gasteiger partial charge in [0.15, 0.2) is 11.6 Å². The molecule has 1 heterocycles. The van der Waals surface area contributed by atoms with Crippen molar-refractivity contribution in [2.75, 3.05) is 0 Å².